The van der Waals surface area contributed by atoms with Crippen molar-refractivity contribution in [1.82, 2.24) is 4.90 Å². The second kappa shape index (κ2) is 8.13. The summed E-state index contributed by atoms with van der Waals surface area (Å²) >= 11 is 0. The van der Waals surface area contributed by atoms with Crippen LogP contribution < -0.4 is 15.0 Å². The molecule has 0 spiro atoms. The van der Waals surface area contributed by atoms with E-state index in [4.69, 9.17) is 4.74 Å². The Bertz CT molecular complexity index is 1350. The molecule has 6 rings (SSSR count). The number of amides is 3. The maximum Gasteiger partial charge on any atom is 0.247 e. The van der Waals surface area contributed by atoms with Crippen LogP contribution >= 0.6 is 0 Å². The van der Waals surface area contributed by atoms with Gasteiger partial charge in [-0.25, -0.2) is 4.90 Å². The first-order chi connectivity index (χ1) is 17.1. The molecule has 174 valence electrons. The Labute approximate surface area is 202 Å². The fraction of sp³-hybridized carbons (Fsp3) is 0.179. The number of benzene rings is 3. The molecular formula is C28H23N3O4. The van der Waals surface area contributed by atoms with Gasteiger partial charge in [-0.1, -0.05) is 42.5 Å². The van der Waals surface area contributed by atoms with Gasteiger partial charge in [0.1, 0.15) is 11.8 Å². The molecule has 0 aliphatic carbocycles. The monoisotopic (exact) mass is 465 g/mol. The third-order valence-electron chi connectivity index (χ3n) is 7.10. The molecule has 0 unspecified atom stereocenters. The summed E-state index contributed by atoms with van der Waals surface area (Å²) in [5.41, 5.74) is 3.05. The van der Waals surface area contributed by atoms with E-state index in [1.165, 1.54) is 4.90 Å². The van der Waals surface area contributed by atoms with Gasteiger partial charge in [0.25, 0.3) is 0 Å². The number of nitrogens with one attached hydrogen (secondary N) is 1. The molecule has 7 heteroatoms. The molecule has 3 aliphatic heterocycles. The molecule has 3 aromatic rings. The Morgan fingerprint density at radius 1 is 0.857 bits per heavy atom. The van der Waals surface area contributed by atoms with Crippen LogP contribution in [0.3, 0.4) is 0 Å². The molecule has 3 aromatic carbocycles. The summed E-state index contributed by atoms with van der Waals surface area (Å²) < 4.78 is 5.22. The van der Waals surface area contributed by atoms with Gasteiger partial charge in [0, 0.05) is 11.9 Å². The summed E-state index contributed by atoms with van der Waals surface area (Å²) in [5, 5.41) is 2.95. The van der Waals surface area contributed by atoms with E-state index in [9.17, 15) is 14.4 Å². The predicted molar refractivity (Wildman–Crippen MR) is 131 cm³/mol. The van der Waals surface area contributed by atoms with Gasteiger partial charge >= 0.3 is 0 Å². The number of methoxy groups -OCH3 is 1. The summed E-state index contributed by atoms with van der Waals surface area (Å²) in [6.45, 7) is 0. The van der Waals surface area contributed by atoms with Crippen molar-refractivity contribution in [3.05, 3.63) is 96.2 Å². The number of imide groups is 1. The van der Waals surface area contributed by atoms with Crippen LogP contribution in [0.15, 0.2) is 85.1 Å². The molecule has 3 heterocycles. The molecule has 1 N–H and O–H groups in total. The fourth-order valence-electron chi connectivity index (χ4n) is 5.58. The molecule has 2 fully saturated rings. The van der Waals surface area contributed by atoms with Crippen molar-refractivity contribution in [3.8, 4) is 5.75 Å². The molecule has 3 aliphatic rings. The summed E-state index contributed by atoms with van der Waals surface area (Å²) in [6.07, 6.45) is 3.78. The zero-order valence-corrected chi connectivity index (χ0v) is 19.0. The summed E-state index contributed by atoms with van der Waals surface area (Å²) in [4.78, 5) is 44.4. The quantitative estimate of drug-likeness (QED) is 0.592. The number of para-hydroxylation sites is 1. The van der Waals surface area contributed by atoms with Crippen LogP contribution in [0.4, 0.5) is 11.4 Å². The van der Waals surface area contributed by atoms with Crippen LogP contribution in [0, 0.1) is 11.8 Å². The van der Waals surface area contributed by atoms with Gasteiger partial charge in [0.05, 0.1) is 30.7 Å². The van der Waals surface area contributed by atoms with Crippen molar-refractivity contribution in [2.75, 3.05) is 17.3 Å². The van der Waals surface area contributed by atoms with Crippen LogP contribution in [0.25, 0.3) is 6.08 Å². The van der Waals surface area contributed by atoms with Crippen molar-refractivity contribution in [1.29, 1.82) is 0 Å². The zero-order chi connectivity index (χ0) is 24.1. The molecular weight excluding hydrogens is 442 g/mol. The summed E-state index contributed by atoms with van der Waals surface area (Å²) in [6, 6.07) is 22.5. The standard InChI is InChI=1S/C28H23N3O4/c1-35-20-13-11-19(12-14-20)31-27(33)22-23(28(31)34)25(26(32)29-18-8-3-2-4-9-18)30-16-15-17-7-5-6-10-21(17)24(22)30/h2-16,22-25H,1H3,(H,29,32)/t22-,23+,24+,25-/m1/s1. The lowest BCUT2D eigenvalue weighted by Crippen LogP contribution is -2.46. The third-order valence-corrected chi connectivity index (χ3v) is 7.10. The van der Waals surface area contributed by atoms with Gasteiger partial charge in [-0.15, -0.1) is 0 Å². The second-order valence-corrected chi connectivity index (χ2v) is 8.90. The highest BCUT2D eigenvalue weighted by Crippen LogP contribution is 2.53. The van der Waals surface area contributed by atoms with Gasteiger partial charge in [-0.05, 0) is 53.6 Å². The van der Waals surface area contributed by atoms with E-state index >= 15 is 0 Å². The molecule has 2 saturated heterocycles. The number of carbonyl (C=O) groups is 3. The van der Waals surface area contributed by atoms with E-state index in [1.807, 2.05) is 59.6 Å². The molecule has 0 radical (unpaired) electrons. The van der Waals surface area contributed by atoms with Gasteiger partial charge in [0.15, 0.2) is 0 Å². The molecule has 4 atom stereocenters. The fourth-order valence-corrected chi connectivity index (χ4v) is 5.58. The first kappa shape index (κ1) is 21.2. The molecule has 7 nitrogen and oxygen atoms in total. The van der Waals surface area contributed by atoms with Gasteiger partial charge < -0.3 is 15.0 Å². The highest BCUT2D eigenvalue weighted by Gasteiger charge is 2.64. The number of fused-ring (bicyclic) bond motifs is 5. The van der Waals surface area contributed by atoms with Crippen molar-refractivity contribution in [2.24, 2.45) is 11.8 Å². The van der Waals surface area contributed by atoms with Crippen LogP contribution in [-0.4, -0.2) is 35.8 Å². The average molecular weight is 466 g/mol. The molecule has 35 heavy (non-hydrogen) atoms. The molecule has 0 bridgehead atoms. The first-order valence-electron chi connectivity index (χ1n) is 11.5. The van der Waals surface area contributed by atoms with Crippen LogP contribution in [0.2, 0.25) is 0 Å². The number of rotatable bonds is 4. The maximum absolute atomic E-state index is 13.8. The first-order valence-corrected chi connectivity index (χ1v) is 11.5. The summed E-state index contributed by atoms with van der Waals surface area (Å²) in [7, 11) is 1.56. The Kier molecular flexibility index (Phi) is 4.91. The predicted octanol–water partition coefficient (Wildman–Crippen LogP) is 3.85. The number of hydrogen-bond donors (Lipinski definition) is 1. The van der Waals surface area contributed by atoms with Crippen molar-refractivity contribution in [2.45, 2.75) is 12.1 Å². The topological polar surface area (TPSA) is 78.9 Å². The van der Waals surface area contributed by atoms with E-state index in [0.717, 1.165) is 11.1 Å². The Balaban J connectivity index is 1.43. The van der Waals surface area contributed by atoms with Gasteiger partial charge in [-0.3, -0.25) is 14.4 Å². The van der Waals surface area contributed by atoms with E-state index in [-0.39, 0.29) is 17.7 Å². The highest BCUT2D eigenvalue weighted by molar-refractivity contribution is 6.24. The highest BCUT2D eigenvalue weighted by atomic mass is 16.5. The maximum atomic E-state index is 13.8. The van der Waals surface area contributed by atoms with E-state index < -0.39 is 23.9 Å². The lowest BCUT2D eigenvalue weighted by Gasteiger charge is -2.35. The number of carbonyl (C=O) groups excluding carboxylic acids is 3. The van der Waals surface area contributed by atoms with Crippen LogP contribution in [0.5, 0.6) is 5.75 Å². The van der Waals surface area contributed by atoms with Crippen LogP contribution in [-0.2, 0) is 14.4 Å². The Morgan fingerprint density at radius 2 is 1.54 bits per heavy atom. The number of anilines is 2. The van der Waals surface area contributed by atoms with Crippen molar-refractivity contribution >= 4 is 35.2 Å². The number of ether oxygens (including phenoxy) is 1. The smallest absolute Gasteiger partial charge is 0.247 e. The number of nitrogens with zero attached hydrogens (tertiary/aromatic N) is 2. The minimum absolute atomic E-state index is 0.291. The Morgan fingerprint density at radius 3 is 2.29 bits per heavy atom. The van der Waals surface area contributed by atoms with Crippen molar-refractivity contribution < 1.29 is 19.1 Å². The van der Waals surface area contributed by atoms with E-state index in [2.05, 4.69) is 5.32 Å². The summed E-state index contributed by atoms with van der Waals surface area (Å²) in [5.74, 6) is -1.82. The minimum atomic E-state index is -0.825. The second-order valence-electron chi connectivity index (χ2n) is 8.90. The lowest BCUT2D eigenvalue weighted by atomic mass is 9.84. The van der Waals surface area contributed by atoms with E-state index in [1.54, 1.807) is 43.5 Å². The largest absolute Gasteiger partial charge is 0.497 e. The lowest BCUT2D eigenvalue weighted by molar-refractivity contribution is -0.128. The average Bonchev–Trinajstić information content (AvgIpc) is 3.37. The molecule has 0 saturated carbocycles. The van der Waals surface area contributed by atoms with E-state index in [0.29, 0.717) is 17.1 Å². The molecule has 3 amide bonds. The van der Waals surface area contributed by atoms with Crippen LogP contribution in [0.1, 0.15) is 17.2 Å². The molecule has 0 aromatic heterocycles. The minimum Gasteiger partial charge on any atom is -0.497 e. The SMILES string of the molecule is COc1ccc(N2C(=O)[C@@H]3[C@H](C2=O)[C@H](C(=O)Nc2ccccc2)N2C=Cc4ccccc4[C@@H]32)cc1. The van der Waals surface area contributed by atoms with Gasteiger partial charge in [0.2, 0.25) is 17.7 Å². The normalized spacial score (nSPS) is 24.1. The zero-order valence-electron chi connectivity index (χ0n) is 19.0. The van der Waals surface area contributed by atoms with Gasteiger partial charge in [-0.2, -0.15) is 0 Å². The van der Waals surface area contributed by atoms with Crippen molar-refractivity contribution in [3.63, 3.8) is 0 Å². The third kappa shape index (κ3) is 3.23. The number of hydrogen-bond acceptors (Lipinski definition) is 5. The Hall–Kier alpha value is -4.39.